The highest BCUT2D eigenvalue weighted by atomic mass is 14.5. The van der Waals surface area contributed by atoms with Crippen molar-refractivity contribution in [2.24, 2.45) is 11.7 Å². The minimum Gasteiger partial charge on any atom is -0.327 e. The Labute approximate surface area is 69.8 Å². The molecule has 0 aromatic carbocycles. The average Bonchev–Trinajstić information content (AvgIpc) is 2.72. The fourth-order valence-electron chi connectivity index (χ4n) is 0.943. The summed E-state index contributed by atoms with van der Waals surface area (Å²) in [6.07, 6.45) is 6.70. The highest BCUT2D eigenvalue weighted by Gasteiger charge is 2.17. The molecule has 1 fully saturated rings. The minimum atomic E-state index is 0.574. The van der Waals surface area contributed by atoms with Gasteiger partial charge in [0.25, 0.3) is 0 Å². The lowest BCUT2D eigenvalue weighted by Gasteiger charge is -2.00. The molecule has 0 heterocycles. The molecule has 0 amide bonds. The van der Waals surface area contributed by atoms with Crippen LogP contribution in [0.3, 0.4) is 0 Å². The van der Waals surface area contributed by atoms with Crippen LogP contribution in [-0.2, 0) is 0 Å². The third kappa shape index (κ3) is 2.94. The summed E-state index contributed by atoms with van der Waals surface area (Å²) >= 11 is 0. The second kappa shape index (κ2) is 3.77. The lowest BCUT2D eigenvalue weighted by atomic mass is 9.87. The fraction of sp³-hybridized carbons (Fsp3) is 0.556. The molecule has 1 saturated carbocycles. The van der Waals surface area contributed by atoms with Crippen LogP contribution in [0.1, 0.15) is 19.8 Å². The summed E-state index contributed by atoms with van der Waals surface area (Å²) in [7, 11) is 5.78. The zero-order chi connectivity index (χ0) is 8.27. The smallest absolute Gasteiger partial charge is 0.113 e. The quantitative estimate of drug-likeness (QED) is 0.473. The van der Waals surface area contributed by atoms with Gasteiger partial charge in [-0.25, -0.2) is 0 Å². The molecule has 1 aliphatic carbocycles. The Balaban J connectivity index is 2.50. The number of nitrogens with two attached hydrogens (primary N) is 1. The van der Waals surface area contributed by atoms with Gasteiger partial charge in [-0.3, -0.25) is 0 Å². The van der Waals surface area contributed by atoms with Crippen molar-refractivity contribution < 1.29 is 0 Å². The molecule has 1 aliphatic rings. The van der Waals surface area contributed by atoms with E-state index in [0.29, 0.717) is 6.54 Å². The Hall–Kier alpha value is -0.495. The zero-order valence-electron chi connectivity index (χ0n) is 7.01. The first-order valence-electron chi connectivity index (χ1n) is 4.08. The lowest BCUT2D eigenvalue weighted by molar-refractivity contribution is 1.11. The van der Waals surface area contributed by atoms with Crippen LogP contribution in [0.5, 0.6) is 0 Å². The Morgan fingerprint density at radius 2 is 2.27 bits per heavy atom. The van der Waals surface area contributed by atoms with Crippen LogP contribution in [0.4, 0.5) is 0 Å². The van der Waals surface area contributed by atoms with Crippen molar-refractivity contribution in [3.63, 3.8) is 0 Å². The predicted molar refractivity (Wildman–Crippen MR) is 49.4 cm³/mol. The molecule has 0 saturated heterocycles. The van der Waals surface area contributed by atoms with Crippen LogP contribution < -0.4 is 5.73 Å². The van der Waals surface area contributed by atoms with Crippen LogP contribution in [-0.4, -0.2) is 14.4 Å². The van der Waals surface area contributed by atoms with Crippen molar-refractivity contribution in [2.45, 2.75) is 19.8 Å². The molecule has 0 unspecified atom stereocenters. The van der Waals surface area contributed by atoms with Crippen LogP contribution in [0.25, 0.3) is 0 Å². The van der Waals surface area contributed by atoms with Crippen LogP contribution in [0, 0.1) is 5.92 Å². The molecule has 11 heavy (non-hydrogen) atoms. The molecule has 2 radical (unpaired) electrons. The number of hydrogen-bond donors (Lipinski definition) is 1. The molecule has 0 spiro atoms. The van der Waals surface area contributed by atoms with E-state index in [9.17, 15) is 0 Å². The van der Waals surface area contributed by atoms with E-state index in [1.54, 1.807) is 0 Å². The SMILES string of the molecule is [B]C(=C/C1CC1)/C(C)=C\CN. The standard InChI is InChI=1S/C9H14BN/c1-7(4-5-11)9(10)6-8-2-3-8/h4,6,8H,2-3,5,11H2,1H3/b7-4-,9-6+. The second-order valence-corrected chi connectivity index (χ2v) is 3.08. The maximum atomic E-state index is 5.78. The van der Waals surface area contributed by atoms with Gasteiger partial charge >= 0.3 is 0 Å². The van der Waals surface area contributed by atoms with Crippen molar-refractivity contribution in [3.8, 4) is 0 Å². The van der Waals surface area contributed by atoms with Crippen molar-refractivity contribution in [3.05, 3.63) is 23.2 Å². The van der Waals surface area contributed by atoms with Gasteiger partial charge in [0.15, 0.2) is 0 Å². The summed E-state index contributed by atoms with van der Waals surface area (Å²) in [5.41, 5.74) is 7.37. The van der Waals surface area contributed by atoms with E-state index in [0.717, 1.165) is 17.0 Å². The Morgan fingerprint density at radius 3 is 2.73 bits per heavy atom. The van der Waals surface area contributed by atoms with Crippen LogP contribution in [0.2, 0.25) is 0 Å². The third-order valence-corrected chi connectivity index (χ3v) is 1.92. The summed E-state index contributed by atoms with van der Waals surface area (Å²) in [5, 5.41) is 0. The maximum absolute atomic E-state index is 5.78. The number of allylic oxidation sites excluding steroid dienone is 3. The van der Waals surface area contributed by atoms with E-state index in [-0.39, 0.29) is 0 Å². The topological polar surface area (TPSA) is 26.0 Å². The molecule has 2 N–H and O–H groups in total. The van der Waals surface area contributed by atoms with Crippen molar-refractivity contribution in [1.29, 1.82) is 0 Å². The Kier molecular flexibility index (Phi) is 2.95. The van der Waals surface area contributed by atoms with Gasteiger partial charge in [-0.15, -0.1) is 0 Å². The minimum absolute atomic E-state index is 0.574. The molecule has 0 atom stereocenters. The number of rotatable bonds is 3. The second-order valence-electron chi connectivity index (χ2n) is 3.08. The number of hydrogen-bond acceptors (Lipinski definition) is 1. The summed E-state index contributed by atoms with van der Waals surface area (Å²) in [6.45, 7) is 2.58. The van der Waals surface area contributed by atoms with E-state index in [2.05, 4.69) is 6.08 Å². The maximum Gasteiger partial charge on any atom is 0.113 e. The molecule has 58 valence electrons. The molecule has 2 heteroatoms. The molecule has 1 rings (SSSR count). The van der Waals surface area contributed by atoms with Crippen molar-refractivity contribution in [1.82, 2.24) is 0 Å². The fourth-order valence-corrected chi connectivity index (χ4v) is 0.943. The van der Waals surface area contributed by atoms with Crippen LogP contribution >= 0.6 is 0 Å². The molecule has 0 bridgehead atoms. The van der Waals surface area contributed by atoms with Gasteiger partial charge in [0, 0.05) is 6.54 Å². The zero-order valence-corrected chi connectivity index (χ0v) is 7.01. The van der Waals surface area contributed by atoms with Gasteiger partial charge in [0.2, 0.25) is 0 Å². The molecule has 0 aromatic rings. The molecule has 0 aliphatic heterocycles. The molecule has 1 nitrogen and oxygen atoms in total. The van der Waals surface area contributed by atoms with Gasteiger partial charge in [0.1, 0.15) is 7.85 Å². The highest BCUT2D eigenvalue weighted by molar-refractivity contribution is 6.24. The highest BCUT2D eigenvalue weighted by Crippen LogP contribution is 2.31. The van der Waals surface area contributed by atoms with E-state index in [1.807, 2.05) is 13.0 Å². The monoisotopic (exact) mass is 147 g/mol. The summed E-state index contributed by atoms with van der Waals surface area (Å²) in [5.74, 6) is 0.746. The summed E-state index contributed by atoms with van der Waals surface area (Å²) < 4.78 is 0. The van der Waals surface area contributed by atoms with Gasteiger partial charge in [-0.2, -0.15) is 0 Å². The summed E-state index contributed by atoms with van der Waals surface area (Å²) in [6, 6.07) is 0. The first-order chi connectivity index (χ1) is 5.24. The van der Waals surface area contributed by atoms with E-state index in [4.69, 9.17) is 13.6 Å². The van der Waals surface area contributed by atoms with Gasteiger partial charge < -0.3 is 5.73 Å². The lowest BCUT2D eigenvalue weighted by Crippen LogP contribution is -1.96. The Bertz CT molecular complexity index is 190. The molecular formula is C9H14BN. The van der Waals surface area contributed by atoms with Crippen molar-refractivity contribution in [2.75, 3.05) is 6.54 Å². The van der Waals surface area contributed by atoms with E-state index in [1.165, 1.54) is 12.8 Å². The Morgan fingerprint density at radius 1 is 1.64 bits per heavy atom. The van der Waals surface area contributed by atoms with Crippen LogP contribution in [0.15, 0.2) is 23.2 Å². The van der Waals surface area contributed by atoms with Gasteiger partial charge in [0.05, 0.1) is 0 Å². The van der Waals surface area contributed by atoms with E-state index < -0.39 is 0 Å². The average molecular weight is 147 g/mol. The predicted octanol–water partition coefficient (Wildman–Crippen LogP) is 1.35. The third-order valence-electron chi connectivity index (χ3n) is 1.92. The first-order valence-corrected chi connectivity index (χ1v) is 4.08. The first kappa shape index (κ1) is 8.60. The normalized spacial score (nSPS) is 20.5. The molecule has 0 aromatic heterocycles. The van der Waals surface area contributed by atoms with E-state index >= 15 is 0 Å². The molecular weight excluding hydrogens is 133 g/mol. The van der Waals surface area contributed by atoms with Crippen molar-refractivity contribution >= 4 is 7.85 Å². The van der Waals surface area contributed by atoms with Gasteiger partial charge in [-0.1, -0.05) is 23.2 Å². The summed E-state index contributed by atoms with van der Waals surface area (Å²) in [4.78, 5) is 0. The van der Waals surface area contributed by atoms with Gasteiger partial charge in [-0.05, 0) is 25.7 Å². The largest absolute Gasteiger partial charge is 0.327 e.